The van der Waals surface area contributed by atoms with Crippen LogP contribution in [0.15, 0.2) is 40.9 Å². The van der Waals surface area contributed by atoms with Crippen LogP contribution in [-0.2, 0) is 12.8 Å². The molecule has 0 fully saturated rings. The lowest BCUT2D eigenvalue weighted by atomic mass is 9.93. The fourth-order valence-electron chi connectivity index (χ4n) is 3.35. The Morgan fingerprint density at radius 1 is 1.10 bits per heavy atom. The molecular weight excluding hydrogens is 322 g/mol. The van der Waals surface area contributed by atoms with Crippen LogP contribution >= 0.6 is 15.9 Å². The van der Waals surface area contributed by atoms with Crippen molar-refractivity contribution in [3.63, 3.8) is 0 Å². The fourth-order valence-corrected chi connectivity index (χ4v) is 3.82. The normalized spacial score (nSPS) is 15.0. The maximum Gasteiger partial charge on any atom is 0.0579 e. The standard InChI is InChI=1S/C19H22BrN/c1-3-21-19(18-10-9-17(20)11-13(18)2)16-8-7-14-5-4-6-15(14)12-16/h7-12,19,21H,3-6H2,1-2H3. The zero-order chi connectivity index (χ0) is 14.8. The van der Waals surface area contributed by atoms with Gasteiger partial charge in [0.2, 0.25) is 0 Å². The van der Waals surface area contributed by atoms with Gasteiger partial charge in [0.15, 0.2) is 0 Å². The predicted octanol–water partition coefficient (Wildman–Crippen LogP) is 4.95. The molecule has 1 N–H and O–H groups in total. The number of rotatable bonds is 4. The maximum absolute atomic E-state index is 3.65. The van der Waals surface area contributed by atoms with Crippen LogP contribution < -0.4 is 5.32 Å². The summed E-state index contributed by atoms with van der Waals surface area (Å²) in [7, 11) is 0. The second kappa shape index (κ2) is 6.33. The van der Waals surface area contributed by atoms with E-state index in [2.05, 4.69) is 71.5 Å². The van der Waals surface area contributed by atoms with Crippen LogP contribution in [0.4, 0.5) is 0 Å². The van der Waals surface area contributed by atoms with Crippen molar-refractivity contribution in [2.24, 2.45) is 0 Å². The third-order valence-electron chi connectivity index (χ3n) is 4.41. The number of benzene rings is 2. The minimum Gasteiger partial charge on any atom is -0.307 e. The molecule has 0 amide bonds. The molecule has 0 heterocycles. The Bertz CT molecular complexity index is 648. The molecule has 0 spiro atoms. The molecule has 1 unspecified atom stereocenters. The van der Waals surface area contributed by atoms with Crippen molar-refractivity contribution in [1.82, 2.24) is 5.32 Å². The molecule has 21 heavy (non-hydrogen) atoms. The molecule has 3 rings (SSSR count). The molecule has 2 heteroatoms. The van der Waals surface area contributed by atoms with Gasteiger partial charge in [-0.15, -0.1) is 0 Å². The predicted molar refractivity (Wildman–Crippen MR) is 92.9 cm³/mol. The van der Waals surface area contributed by atoms with Crippen LogP contribution in [0.3, 0.4) is 0 Å². The van der Waals surface area contributed by atoms with Crippen molar-refractivity contribution in [3.05, 3.63) is 68.7 Å². The summed E-state index contributed by atoms with van der Waals surface area (Å²) in [5.74, 6) is 0. The van der Waals surface area contributed by atoms with Crippen LogP contribution in [0.25, 0.3) is 0 Å². The Kier molecular flexibility index (Phi) is 4.46. The number of halogens is 1. The van der Waals surface area contributed by atoms with Gasteiger partial charge in [-0.3, -0.25) is 0 Å². The molecule has 1 aliphatic rings. The Labute approximate surface area is 135 Å². The largest absolute Gasteiger partial charge is 0.307 e. The molecule has 2 aromatic carbocycles. The van der Waals surface area contributed by atoms with Crippen molar-refractivity contribution in [2.45, 2.75) is 39.2 Å². The molecule has 0 saturated heterocycles. The first-order chi connectivity index (χ1) is 10.2. The Balaban J connectivity index is 2.01. The van der Waals surface area contributed by atoms with Gasteiger partial charge in [-0.1, -0.05) is 47.1 Å². The molecule has 0 saturated carbocycles. The monoisotopic (exact) mass is 343 g/mol. The molecule has 0 aromatic heterocycles. The van der Waals surface area contributed by atoms with Crippen molar-refractivity contribution in [3.8, 4) is 0 Å². The van der Waals surface area contributed by atoms with Gasteiger partial charge in [0.05, 0.1) is 6.04 Å². The Morgan fingerprint density at radius 2 is 1.90 bits per heavy atom. The summed E-state index contributed by atoms with van der Waals surface area (Å²) >= 11 is 3.56. The number of fused-ring (bicyclic) bond motifs is 1. The highest BCUT2D eigenvalue weighted by atomic mass is 79.9. The van der Waals surface area contributed by atoms with Crippen molar-refractivity contribution in [2.75, 3.05) is 6.54 Å². The molecule has 0 aliphatic heterocycles. The highest BCUT2D eigenvalue weighted by Crippen LogP contribution is 2.30. The summed E-state index contributed by atoms with van der Waals surface area (Å²) in [5.41, 5.74) is 7.18. The molecule has 1 nitrogen and oxygen atoms in total. The van der Waals surface area contributed by atoms with Crippen molar-refractivity contribution < 1.29 is 0 Å². The van der Waals surface area contributed by atoms with Crippen LogP contribution in [-0.4, -0.2) is 6.54 Å². The van der Waals surface area contributed by atoms with E-state index >= 15 is 0 Å². The summed E-state index contributed by atoms with van der Waals surface area (Å²) in [5, 5.41) is 3.65. The van der Waals surface area contributed by atoms with Gasteiger partial charge in [-0.25, -0.2) is 0 Å². The van der Waals surface area contributed by atoms with E-state index in [0.717, 1.165) is 11.0 Å². The molecule has 1 aliphatic carbocycles. The summed E-state index contributed by atoms with van der Waals surface area (Å²) < 4.78 is 1.15. The highest BCUT2D eigenvalue weighted by Gasteiger charge is 2.18. The van der Waals surface area contributed by atoms with Gasteiger partial charge in [0.1, 0.15) is 0 Å². The summed E-state index contributed by atoms with van der Waals surface area (Å²) in [6.07, 6.45) is 3.79. The molecule has 0 radical (unpaired) electrons. The van der Waals surface area contributed by atoms with E-state index in [1.54, 1.807) is 11.1 Å². The van der Waals surface area contributed by atoms with E-state index in [1.165, 1.54) is 36.0 Å². The van der Waals surface area contributed by atoms with Crippen LogP contribution in [0.5, 0.6) is 0 Å². The molecule has 0 bridgehead atoms. The van der Waals surface area contributed by atoms with Crippen LogP contribution in [0.1, 0.15) is 47.2 Å². The molecule has 110 valence electrons. The zero-order valence-electron chi connectivity index (χ0n) is 12.7. The van der Waals surface area contributed by atoms with E-state index in [-0.39, 0.29) is 6.04 Å². The summed E-state index contributed by atoms with van der Waals surface area (Å²) in [6.45, 7) is 5.34. The number of nitrogens with one attached hydrogen (secondary N) is 1. The fraction of sp³-hybridized carbons (Fsp3) is 0.368. The van der Waals surface area contributed by atoms with Crippen LogP contribution in [0.2, 0.25) is 0 Å². The average Bonchev–Trinajstić information content (AvgIpc) is 2.93. The van der Waals surface area contributed by atoms with Crippen molar-refractivity contribution >= 4 is 15.9 Å². The SMILES string of the molecule is CCNC(c1ccc2c(c1)CCC2)c1ccc(Br)cc1C. The highest BCUT2D eigenvalue weighted by molar-refractivity contribution is 9.10. The Hall–Kier alpha value is -1.12. The Morgan fingerprint density at radius 3 is 2.67 bits per heavy atom. The first-order valence-corrected chi connectivity index (χ1v) is 8.59. The number of aryl methyl sites for hydroxylation is 3. The minimum atomic E-state index is 0.286. The summed E-state index contributed by atoms with van der Waals surface area (Å²) in [6, 6.07) is 13.9. The number of hydrogen-bond acceptors (Lipinski definition) is 1. The zero-order valence-corrected chi connectivity index (χ0v) is 14.3. The van der Waals surface area contributed by atoms with Gasteiger partial charge < -0.3 is 5.32 Å². The second-order valence-electron chi connectivity index (χ2n) is 5.87. The van der Waals surface area contributed by atoms with Crippen LogP contribution in [0, 0.1) is 6.92 Å². The minimum absolute atomic E-state index is 0.286. The van der Waals surface area contributed by atoms with E-state index in [1.807, 2.05) is 0 Å². The molecule has 2 aromatic rings. The first-order valence-electron chi connectivity index (χ1n) is 7.80. The first kappa shape index (κ1) is 14.8. The molecular formula is C19H22BrN. The lowest BCUT2D eigenvalue weighted by Gasteiger charge is -2.22. The van der Waals surface area contributed by atoms with E-state index in [4.69, 9.17) is 0 Å². The smallest absolute Gasteiger partial charge is 0.0579 e. The maximum atomic E-state index is 3.65. The van der Waals surface area contributed by atoms with E-state index in [9.17, 15) is 0 Å². The molecule has 1 atom stereocenters. The second-order valence-corrected chi connectivity index (χ2v) is 6.79. The topological polar surface area (TPSA) is 12.0 Å². The van der Waals surface area contributed by atoms with Gasteiger partial charge in [-0.2, -0.15) is 0 Å². The van der Waals surface area contributed by atoms with Gasteiger partial charge >= 0.3 is 0 Å². The lowest BCUT2D eigenvalue weighted by Crippen LogP contribution is -2.23. The third kappa shape index (κ3) is 3.07. The van der Waals surface area contributed by atoms with E-state index < -0.39 is 0 Å². The lowest BCUT2D eigenvalue weighted by molar-refractivity contribution is 0.627. The third-order valence-corrected chi connectivity index (χ3v) is 4.90. The quantitative estimate of drug-likeness (QED) is 0.828. The summed E-state index contributed by atoms with van der Waals surface area (Å²) in [4.78, 5) is 0. The van der Waals surface area contributed by atoms with Crippen molar-refractivity contribution in [1.29, 1.82) is 0 Å². The van der Waals surface area contributed by atoms with Gasteiger partial charge in [-0.05, 0) is 72.7 Å². The van der Waals surface area contributed by atoms with Gasteiger partial charge in [0.25, 0.3) is 0 Å². The average molecular weight is 344 g/mol. The number of hydrogen-bond donors (Lipinski definition) is 1. The van der Waals surface area contributed by atoms with Gasteiger partial charge in [0, 0.05) is 4.47 Å². The van der Waals surface area contributed by atoms with E-state index in [0.29, 0.717) is 0 Å².